The van der Waals surface area contributed by atoms with Crippen LogP contribution in [0.4, 0.5) is 5.69 Å². The van der Waals surface area contributed by atoms with E-state index in [-0.39, 0.29) is 5.91 Å². The summed E-state index contributed by atoms with van der Waals surface area (Å²) >= 11 is 0. The highest BCUT2D eigenvalue weighted by Gasteiger charge is 2.06. The Kier molecular flexibility index (Phi) is 4.41. The minimum Gasteiger partial charge on any atom is -0.399 e. The minimum atomic E-state index is -0.0762. The average Bonchev–Trinajstić information content (AvgIpc) is 2.48. The number of rotatable bonds is 4. The second-order valence-electron chi connectivity index (χ2n) is 4.92. The average molecular weight is 268 g/mol. The summed E-state index contributed by atoms with van der Waals surface area (Å²) in [4.78, 5) is 12.1. The summed E-state index contributed by atoms with van der Waals surface area (Å²) in [6.07, 6.45) is 1.03. The first-order valence-corrected chi connectivity index (χ1v) is 6.82. The third kappa shape index (κ3) is 3.38. The van der Waals surface area contributed by atoms with E-state index in [4.69, 9.17) is 5.73 Å². The number of nitrogen functional groups attached to an aromatic ring is 1. The van der Waals surface area contributed by atoms with Gasteiger partial charge in [0.15, 0.2) is 0 Å². The van der Waals surface area contributed by atoms with Crippen molar-refractivity contribution in [2.75, 3.05) is 5.73 Å². The first-order chi connectivity index (χ1) is 9.60. The molecule has 2 aromatic carbocycles. The zero-order valence-electron chi connectivity index (χ0n) is 11.9. The van der Waals surface area contributed by atoms with E-state index in [1.165, 1.54) is 5.56 Å². The summed E-state index contributed by atoms with van der Waals surface area (Å²) < 4.78 is 0. The van der Waals surface area contributed by atoms with Crippen LogP contribution in [-0.4, -0.2) is 5.91 Å². The standard InChI is InChI=1S/C17H20N2O/c1-3-13-4-6-14(7-5-13)11-19-17(20)15-8-9-16(18)12(2)10-15/h4-10H,3,11,18H2,1-2H3,(H,19,20). The van der Waals surface area contributed by atoms with Crippen LogP contribution in [0.3, 0.4) is 0 Å². The number of amides is 1. The van der Waals surface area contributed by atoms with E-state index >= 15 is 0 Å². The van der Waals surface area contributed by atoms with E-state index in [1.54, 1.807) is 12.1 Å². The van der Waals surface area contributed by atoms with Gasteiger partial charge in [-0.05, 0) is 48.2 Å². The topological polar surface area (TPSA) is 55.1 Å². The smallest absolute Gasteiger partial charge is 0.251 e. The van der Waals surface area contributed by atoms with Gasteiger partial charge in [0.2, 0.25) is 0 Å². The molecule has 0 bridgehead atoms. The van der Waals surface area contributed by atoms with Crippen LogP contribution >= 0.6 is 0 Å². The summed E-state index contributed by atoms with van der Waals surface area (Å²) in [5.41, 5.74) is 10.4. The van der Waals surface area contributed by atoms with Gasteiger partial charge >= 0.3 is 0 Å². The molecular formula is C17H20N2O. The molecule has 104 valence electrons. The first kappa shape index (κ1) is 14.1. The summed E-state index contributed by atoms with van der Waals surface area (Å²) in [5.74, 6) is -0.0762. The van der Waals surface area contributed by atoms with Crippen molar-refractivity contribution >= 4 is 11.6 Å². The first-order valence-electron chi connectivity index (χ1n) is 6.82. The van der Waals surface area contributed by atoms with E-state index in [9.17, 15) is 4.79 Å². The zero-order valence-corrected chi connectivity index (χ0v) is 11.9. The summed E-state index contributed by atoms with van der Waals surface area (Å²) in [5, 5.41) is 2.92. The van der Waals surface area contributed by atoms with Crippen LogP contribution in [0.1, 0.15) is 34.0 Å². The lowest BCUT2D eigenvalue weighted by atomic mass is 10.1. The lowest BCUT2D eigenvalue weighted by Crippen LogP contribution is -2.22. The van der Waals surface area contributed by atoms with Gasteiger partial charge < -0.3 is 11.1 Å². The predicted octanol–water partition coefficient (Wildman–Crippen LogP) is 3.07. The van der Waals surface area contributed by atoms with Gasteiger partial charge in [-0.15, -0.1) is 0 Å². The Morgan fingerprint density at radius 1 is 1.10 bits per heavy atom. The highest BCUT2D eigenvalue weighted by Crippen LogP contribution is 2.12. The van der Waals surface area contributed by atoms with Crippen molar-refractivity contribution in [2.24, 2.45) is 0 Å². The monoisotopic (exact) mass is 268 g/mol. The van der Waals surface area contributed by atoms with Crippen molar-refractivity contribution in [2.45, 2.75) is 26.8 Å². The van der Waals surface area contributed by atoms with Crippen molar-refractivity contribution in [1.29, 1.82) is 0 Å². The molecule has 3 nitrogen and oxygen atoms in total. The lowest BCUT2D eigenvalue weighted by Gasteiger charge is -2.08. The van der Waals surface area contributed by atoms with Crippen molar-refractivity contribution in [3.8, 4) is 0 Å². The fourth-order valence-electron chi connectivity index (χ4n) is 1.99. The Bertz CT molecular complexity index is 603. The van der Waals surface area contributed by atoms with Gasteiger partial charge in [-0.25, -0.2) is 0 Å². The van der Waals surface area contributed by atoms with Gasteiger partial charge in [0.05, 0.1) is 0 Å². The Balaban J connectivity index is 1.98. The molecule has 0 fully saturated rings. The van der Waals surface area contributed by atoms with Gasteiger partial charge in [-0.2, -0.15) is 0 Å². The number of hydrogen-bond acceptors (Lipinski definition) is 2. The van der Waals surface area contributed by atoms with Gasteiger partial charge in [-0.1, -0.05) is 31.2 Å². The maximum Gasteiger partial charge on any atom is 0.251 e. The largest absolute Gasteiger partial charge is 0.399 e. The van der Waals surface area contributed by atoms with Crippen LogP contribution < -0.4 is 11.1 Å². The number of hydrogen-bond donors (Lipinski definition) is 2. The van der Waals surface area contributed by atoms with E-state index in [0.29, 0.717) is 17.8 Å². The number of nitrogens with two attached hydrogens (primary N) is 1. The van der Waals surface area contributed by atoms with Crippen LogP contribution in [0.15, 0.2) is 42.5 Å². The maximum atomic E-state index is 12.1. The molecule has 0 saturated carbocycles. The number of nitrogens with one attached hydrogen (secondary N) is 1. The van der Waals surface area contributed by atoms with Gasteiger partial charge in [0.25, 0.3) is 5.91 Å². The highest BCUT2D eigenvalue weighted by atomic mass is 16.1. The second-order valence-corrected chi connectivity index (χ2v) is 4.92. The van der Waals surface area contributed by atoms with Crippen molar-refractivity contribution in [1.82, 2.24) is 5.32 Å². The second kappa shape index (κ2) is 6.24. The van der Waals surface area contributed by atoms with Crippen molar-refractivity contribution < 1.29 is 4.79 Å². The molecule has 2 aromatic rings. The Hall–Kier alpha value is -2.29. The van der Waals surface area contributed by atoms with E-state index < -0.39 is 0 Å². The van der Waals surface area contributed by atoms with Crippen LogP contribution in [-0.2, 0) is 13.0 Å². The van der Waals surface area contributed by atoms with E-state index in [0.717, 1.165) is 17.5 Å². The predicted molar refractivity (Wildman–Crippen MR) is 82.6 cm³/mol. The van der Waals surface area contributed by atoms with E-state index in [2.05, 4.69) is 24.4 Å². The quantitative estimate of drug-likeness (QED) is 0.837. The van der Waals surface area contributed by atoms with Crippen LogP contribution in [0.5, 0.6) is 0 Å². The molecule has 0 aliphatic heterocycles. The molecular weight excluding hydrogens is 248 g/mol. The molecule has 0 atom stereocenters. The number of carbonyl (C=O) groups excluding carboxylic acids is 1. The SMILES string of the molecule is CCc1ccc(CNC(=O)c2ccc(N)c(C)c2)cc1. The molecule has 1 amide bonds. The molecule has 0 heterocycles. The summed E-state index contributed by atoms with van der Waals surface area (Å²) in [6.45, 7) is 4.56. The molecule has 0 unspecified atom stereocenters. The minimum absolute atomic E-state index is 0.0762. The Morgan fingerprint density at radius 3 is 2.35 bits per heavy atom. The third-order valence-electron chi connectivity index (χ3n) is 3.42. The lowest BCUT2D eigenvalue weighted by molar-refractivity contribution is 0.0951. The number of anilines is 1. The highest BCUT2D eigenvalue weighted by molar-refractivity contribution is 5.94. The molecule has 0 spiro atoms. The van der Waals surface area contributed by atoms with Gasteiger partial charge in [-0.3, -0.25) is 4.79 Å². The van der Waals surface area contributed by atoms with Gasteiger partial charge in [0, 0.05) is 17.8 Å². The fourth-order valence-corrected chi connectivity index (χ4v) is 1.99. The van der Waals surface area contributed by atoms with Crippen LogP contribution in [0, 0.1) is 6.92 Å². The third-order valence-corrected chi connectivity index (χ3v) is 3.42. The molecule has 2 rings (SSSR count). The van der Waals surface area contributed by atoms with Crippen LogP contribution in [0.25, 0.3) is 0 Å². The van der Waals surface area contributed by atoms with E-state index in [1.807, 2.05) is 25.1 Å². The maximum absolute atomic E-state index is 12.1. The number of aryl methyl sites for hydroxylation is 2. The van der Waals surface area contributed by atoms with Crippen LogP contribution in [0.2, 0.25) is 0 Å². The molecule has 0 aromatic heterocycles. The molecule has 20 heavy (non-hydrogen) atoms. The zero-order chi connectivity index (χ0) is 14.5. The molecule has 3 N–H and O–H groups in total. The van der Waals surface area contributed by atoms with Gasteiger partial charge in [0.1, 0.15) is 0 Å². The normalized spacial score (nSPS) is 10.3. The summed E-state index contributed by atoms with van der Waals surface area (Å²) in [7, 11) is 0. The van der Waals surface area contributed by atoms with Crippen molar-refractivity contribution in [3.05, 3.63) is 64.7 Å². The fraction of sp³-hybridized carbons (Fsp3) is 0.235. The molecule has 0 aliphatic rings. The summed E-state index contributed by atoms with van der Waals surface area (Å²) in [6, 6.07) is 13.6. The molecule has 0 radical (unpaired) electrons. The number of benzene rings is 2. The number of carbonyl (C=O) groups is 1. The molecule has 3 heteroatoms. The Labute approximate surface area is 119 Å². The molecule has 0 saturated heterocycles. The molecule has 0 aliphatic carbocycles. The Morgan fingerprint density at radius 2 is 1.75 bits per heavy atom. The van der Waals surface area contributed by atoms with Crippen molar-refractivity contribution in [3.63, 3.8) is 0 Å².